The summed E-state index contributed by atoms with van der Waals surface area (Å²) in [4.78, 5) is 23.5. The first-order valence-corrected chi connectivity index (χ1v) is 7.09. The number of nitrogens with one attached hydrogen (secondary N) is 1. The molecule has 4 atom stereocenters. The van der Waals surface area contributed by atoms with E-state index in [1.54, 1.807) is 0 Å². The molecule has 96 valence electrons. The predicted octanol–water partition coefficient (Wildman–Crippen LogP) is -1.70. The lowest BCUT2D eigenvalue weighted by Crippen LogP contribution is -2.52. The summed E-state index contributed by atoms with van der Waals surface area (Å²) in [5.41, 5.74) is 0. The zero-order valence-electron chi connectivity index (χ0n) is 8.49. The van der Waals surface area contributed by atoms with Gasteiger partial charge in [0.1, 0.15) is 18.3 Å². The highest BCUT2D eigenvalue weighted by Crippen LogP contribution is 2.25. The first kappa shape index (κ1) is 12.8. The molecular weight excluding hydrogens is 347 g/mol. The van der Waals surface area contributed by atoms with Gasteiger partial charge in [0.25, 0.3) is 3.91 Å². The van der Waals surface area contributed by atoms with Crippen LogP contribution in [0, 0.1) is 0 Å². The van der Waals surface area contributed by atoms with E-state index in [0.29, 0.717) is 0 Å². The van der Waals surface area contributed by atoms with Crippen LogP contribution in [0.3, 0.4) is 0 Å². The molecule has 2 rings (SSSR count). The second kappa shape index (κ2) is 4.94. The number of halogens is 1. The van der Waals surface area contributed by atoms with Crippen LogP contribution in [0.2, 0.25) is 0 Å². The lowest BCUT2D eigenvalue weighted by atomic mass is 10.1. The maximum atomic E-state index is 11.5. The maximum Gasteiger partial charge on any atom is 0.331 e. The van der Waals surface area contributed by atoms with Gasteiger partial charge in [0.2, 0.25) is 0 Å². The largest absolute Gasteiger partial charge is 0.394 e. The van der Waals surface area contributed by atoms with Crippen molar-refractivity contribution in [2.24, 2.45) is 0 Å². The Morgan fingerprint density at radius 3 is 2.65 bits per heavy atom. The van der Waals surface area contributed by atoms with Crippen LogP contribution < -0.4 is 5.32 Å². The Hall–Kier alpha value is -0.620. The number of aliphatic hydroxyl groups excluding tert-OH is 3. The predicted molar refractivity (Wildman–Crippen MR) is 63.6 cm³/mol. The molecule has 0 aliphatic carbocycles. The number of nitrogens with zero attached hydrogens (tertiary/aromatic N) is 1. The molecule has 0 bridgehead atoms. The van der Waals surface area contributed by atoms with Gasteiger partial charge in [-0.1, -0.05) is 0 Å². The fourth-order valence-electron chi connectivity index (χ4n) is 1.60. The van der Waals surface area contributed by atoms with E-state index in [1.165, 1.54) is 4.14 Å². The minimum atomic E-state index is -1.31. The van der Waals surface area contributed by atoms with Gasteiger partial charge in [-0.3, -0.25) is 15.0 Å². The van der Waals surface area contributed by atoms with E-state index in [-0.39, 0.29) is 3.91 Å². The van der Waals surface area contributed by atoms with E-state index < -0.39 is 57.9 Å². The van der Waals surface area contributed by atoms with E-state index in [2.05, 4.69) is 5.32 Å². The standard InChI is InChI=1S/C8H11IN2O6/c12-1-3-4(13)5(14)6(17-3)11-2-9-7(15)10-8(11)16/h2-6,12-14H,1H2,(H,10,15,16)/t3-,4-,5+,6-/m1/s1. The average Bonchev–Trinajstić information content (AvgIpc) is 2.57. The molecule has 0 radical (unpaired) electrons. The van der Waals surface area contributed by atoms with Crippen LogP contribution in [-0.4, -0.2) is 65.4 Å². The molecule has 1 fully saturated rings. The van der Waals surface area contributed by atoms with Gasteiger partial charge >= 0.3 is 6.03 Å². The molecule has 2 aliphatic rings. The topological polar surface area (TPSA) is 119 Å². The van der Waals surface area contributed by atoms with Crippen molar-refractivity contribution in [2.75, 3.05) is 6.61 Å². The molecule has 1 saturated heterocycles. The summed E-state index contributed by atoms with van der Waals surface area (Å²) in [6, 6.07) is -0.698. The van der Waals surface area contributed by atoms with Crippen molar-refractivity contribution in [2.45, 2.75) is 24.5 Å². The highest BCUT2D eigenvalue weighted by atomic mass is 127. The van der Waals surface area contributed by atoms with E-state index in [1.807, 2.05) is 0 Å². The minimum absolute atomic E-state index is 0.336. The summed E-state index contributed by atoms with van der Waals surface area (Å²) in [6.07, 6.45) is -4.59. The van der Waals surface area contributed by atoms with Crippen molar-refractivity contribution < 1.29 is 29.6 Å². The molecule has 0 saturated carbocycles. The van der Waals surface area contributed by atoms with Crippen molar-refractivity contribution in [1.82, 2.24) is 10.2 Å². The van der Waals surface area contributed by atoms with E-state index in [9.17, 15) is 19.8 Å². The average molecular weight is 358 g/mol. The number of hydrogen-bond donors (Lipinski definition) is 4. The van der Waals surface area contributed by atoms with Gasteiger partial charge in [-0.2, -0.15) is 0 Å². The quantitative estimate of drug-likeness (QED) is 0.266. The number of amides is 3. The minimum Gasteiger partial charge on any atom is -0.394 e. The summed E-state index contributed by atoms with van der Waals surface area (Å²) >= 11 is -0.992. The number of imide groups is 1. The smallest absolute Gasteiger partial charge is 0.331 e. The number of carbonyl (C=O) groups is 2. The molecule has 0 spiro atoms. The second-order valence-electron chi connectivity index (χ2n) is 3.55. The van der Waals surface area contributed by atoms with Crippen LogP contribution in [0.5, 0.6) is 0 Å². The van der Waals surface area contributed by atoms with E-state index in [0.717, 1.165) is 4.90 Å². The molecule has 3 amide bonds. The van der Waals surface area contributed by atoms with Gasteiger partial charge in [-0.15, -0.1) is 0 Å². The first-order valence-electron chi connectivity index (χ1n) is 4.77. The molecular formula is C8H11IN2O6. The molecule has 2 heterocycles. The Labute approximate surface area is 106 Å². The maximum absolute atomic E-state index is 11.5. The third kappa shape index (κ3) is 2.33. The zero-order chi connectivity index (χ0) is 12.6. The molecule has 9 heteroatoms. The van der Waals surface area contributed by atoms with Crippen LogP contribution >= 0.6 is 20.7 Å². The molecule has 8 nitrogen and oxygen atoms in total. The third-order valence-corrected chi connectivity index (χ3v) is 4.20. The fourth-order valence-corrected chi connectivity index (χ4v) is 3.11. The summed E-state index contributed by atoms with van der Waals surface area (Å²) < 4.78 is 6.22. The van der Waals surface area contributed by atoms with Crippen molar-refractivity contribution in [3.05, 3.63) is 0 Å². The second-order valence-corrected chi connectivity index (χ2v) is 5.71. The lowest BCUT2D eigenvalue weighted by Gasteiger charge is -2.28. The van der Waals surface area contributed by atoms with Crippen molar-refractivity contribution in [3.63, 3.8) is 0 Å². The first-order chi connectivity index (χ1) is 8.04. The normalized spacial score (nSPS) is 37.9. The molecule has 0 unspecified atom stereocenters. The van der Waals surface area contributed by atoms with Crippen molar-refractivity contribution in [3.8, 4) is 0 Å². The molecule has 0 aromatic rings. The number of carbonyl (C=O) groups excluding carboxylic acids is 2. The summed E-state index contributed by atoms with van der Waals surface area (Å²) in [6.45, 7) is -0.460. The summed E-state index contributed by atoms with van der Waals surface area (Å²) in [5, 5.41) is 30.2. The number of ether oxygens (including phenoxy) is 1. The Balaban J connectivity index is 2.16. The van der Waals surface area contributed by atoms with Crippen LogP contribution in [0.25, 0.3) is 0 Å². The van der Waals surface area contributed by atoms with E-state index >= 15 is 0 Å². The highest BCUT2D eigenvalue weighted by molar-refractivity contribution is 14.2. The monoisotopic (exact) mass is 358 g/mol. The number of urea groups is 1. The van der Waals surface area contributed by atoms with E-state index in [4.69, 9.17) is 9.84 Å². The summed E-state index contributed by atoms with van der Waals surface area (Å²) in [5.74, 6) is 0. The van der Waals surface area contributed by atoms with Crippen LogP contribution in [-0.2, 0) is 4.74 Å². The number of aliphatic hydroxyl groups is 3. The van der Waals surface area contributed by atoms with Gasteiger partial charge in [-0.25, -0.2) is 4.79 Å². The third-order valence-electron chi connectivity index (χ3n) is 2.48. The molecule has 2 aliphatic heterocycles. The molecule has 0 aromatic heterocycles. The van der Waals surface area contributed by atoms with Gasteiger partial charge in [-0.05, 0) is 0 Å². The molecule has 4 N–H and O–H groups in total. The van der Waals surface area contributed by atoms with Gasteiger partial charge in [0, 0.05) is 24.9 Å². The Morgan fingerprint density at radius 1 is 1.41 bits per heavy atom. The summed E-state index contributed by atoms with van der Waals surface area (Å²) in [7, 11) is 0. The SMILES string of the molecule is O=C1NC(=O)N([C@@H]2O[C@H](CO)[C@@H](O)[C@@H]2O)C=I1. The number of hydrogen-bond acceptors (Lipinski definition) is 6. The van der Waals surface area contributed by atoms with Gasteiger partial charge < -0.3 is 20.1 Å². The van der Waals surface area contributed by atoms with Crippen molar-refractivity contribution >= 4 is 34.8 Å². The lowest BCUT2D eigenvalue weighted by molar-refractivity contribution is -0.0562. The van der Waals surface area contributed by atoms with Crippen LogP contribution in [0.4, 0.5) is 9.59 Å². The fraction of sp³-hybridized carbons (Fsp3) is 0.625. The molecule has 17 heavy (non-hydrogen) atoms. The number of rotatable bonds is 2. The zero-order valence-corrected chi connectivity index (χ0v) is 10.6. The Bertz CT molecular complexity index is 375. The molecule has 0 aromatic carbocycles. The Morgan fingerprint density at radius 2 is 2.12 bits per heavy atom. The van der Waals surface area contributed by atoms with Gasteiger partial charge in [0.15, 0.2) is 6.23 Å². The van der Waals surface area contributed by atoms with Crippen molar-refractivity contribution in [1.29, 1.82) is 0 Å². The van der Waals surface area contributed by atoms with Gasteiger partial charge in [0.05, 0.1) is 6.61 Å². The highest BCUT2D eigenvalue weighted by Gasteiger charge is 2.46. The Kier molecular flexibility index (Phi) is 3.73. The van der Waals surface area contributed by atoms with Crippen LogP contribution in [0.1, 0.15) is 0 Å². The van der Waals surface area contributed by atoms with Crippen LogP contribution in [0.15, 0.2) is 0 Å².